The Morgan fingerprint density at radius 3 is 2.90 bits per heavy atom. The smallest absolute Gasteiger partial charge is 0.136 e. The Hall–Kier alpha value is -1.16. The van der Waals surface area contributed by atoms with E-state index in [4.69, 9.17) is 14.7 Å². The number of hydrogen-bond donors (Lipinski definition) is 1. The van der Waals surface area contributed by atoms with Crippen molar-refractivity contribution in [2.45, 2.75) is 57.8 Å². The third-order valence-corrected chi connectivity index (χ3v) is 4.27. The van der Waals surface area contributed by atoms with Crippen LogP contribution in [0.3, 0.4) is 0 Å². The molecule has 20 heavy (non-hydrogen) atoms. The molecule has 0 amide bonds. The van der Waals surface area contributed by atoms with Crippen LogP contribution in [0.15, 0.2) is 0 Å². The molecule has 1 saturated heterocycles. The van der Waals surface area contributed by atoms with Crippen molar-refractivity contribution in [2.24, 2.45) is 0 Å². The lowest BCUT2D eigenvalue weighted by molar-refractivity contribution is 0.0780. The minimum atomic E-state index is 0.387. The SMILES string of the molecule is CCCNc1nc(C2CCCOC2)nc2c1CCCC2. The molecule has 4 nitrogen and oxygen atoms in total. The summed E-state index contributed by atoms with van der Waals surface area (Å²) in [6, 6.07) is 0. The molecule has 1 N–H and O–H groups in total. The van der Waals surface area contributed by atoms with Crippen molar-refractivity contribution >= 4 is 5.82 Å². The van der Waals surface area contributed by atoms with Crippen LogP contribution in [0.25, 0.3) is 0 Å². The van der Waals surface area contributed by atoms with Gasteiger partial charge in [0.1, 0.15) is 11.6 Å². The van der Waals surface area contributed by atoms with Crippen molar-refractivity contribution in [1.82, 2.24) is 9.97 Å². The number of nitrogens with one attached hydrogen (secondary N) is 1. The minimum Gasteiger partial charge on any atom is -0.381 e. The number of nitrogens with zero attached hydrogens (tertiary/aromatic N) is 2. The maximum atomic E-state index is 5.60. The molecule has 0 spiro atoms. The fourth-order valence-electron chi connectivity index (χ4n) is 3.13. The molecule has 1 aliphatic carbocycles. The normalized spacial score (nSPS) is 22.4. The molecule has 0 saturated carbocycles. The predicted octanol–water partition coefficient (Wildman–Crippen LogP) is 3.07. The number of fused-ring (bicyclic) bond motifs is 1. The number of ether oxygens (including phenoxy) is 1. The maximum absolute atomic E-state index is 5.60. The summed E-state index contributed by atoms with van der Waals surface area (Å²) in [4.78, 5) is 9.72. The lowest BCUT2D eigenvalue weighted by Gasteiger charge is -2.25. The third kappa shape index (κ3) is 2.95. The van der Waals surface area contributed by atoms with Gasteiger partial charge in [0.25, 0.3) is 0 Å². The quantitative estimate of drug-likeness (QED) is 0.917. The summed E-state index contributed by atoms with van der Waals surface area (Å²) in [7, 11) is 0. The Bertz CT molecular complexity index is 455. The van der Waals surface area contributed by atoms with E-state index in [0.717, 1.165) is 63.5 Å². The van der Waals surface area contributed by atoms with Gasteiger partial charge in [-0.25, -0.2) is 9.97 Å². The van der Waals surface area contributed by atoms with E-state index < -0.39 is 0 Å². The zero-order chi connectivity index (χ0) is 13.8. The van der Waals surface area contributed by atoms with E-state index >= 15 is 0 Å². The first-order valence-electron chi connectivity index (χ1n) is 8.09. The summed E-state index contributed by atoms with van der Waals surface area (Å²) in [6.45, 7) is 4.86. The van der Waals surface area contributed by atoms with Crippen LogP contribution in [-0.4, -0.2) is 29.7 Å². The summed E-state index contributed by atoms with van der Waals surface area (Å²) in [6.07, 6.45) is 8.18. The fourth-order valence-corrected chi connectivity index (χ4v) is 3.13. The lowest BCUT2D eigenvalue weighted by atomic mass is 9.95. The largest absolute Gasteiger partial charge is 0.381 e. The number of aryl methyl sites for hydroxylation is 1. The van der Waals surface area contributed by atoms with Gasteiger partial charge in [-0.05, 0) is 44.9 Å². The van der Waals surface area contributed by atoms with Crippen LogP contribution < -0.4 is 5.32 Å². The van der Waals surface area contributed by atoms with Crippen LogP contribution in [0, 0.1) is 0 Å². The summed E-state index contributed by atoms with van der Waals surface area (Å²) in [5.74, 6) is 2.49. The van der Waals surface area contributed by atoms with E-state index in [2.05, 4.69) is 12.2 Å². The van der Waals surface area contributed by atoms with E-state index in [1.54, 1.807) is 0 Å². The third-order valence-electron chi connectivity index (χ3n) is 4.27. The summed E-state index contributed by atoms with van der Waals surface area (Å²) >= 11 is 0. The van der Waals surface area contributed by atoms with Gasteiger partial charge in [0.15, 0.2) is 0 Å². The molecule has 110 valence electrons. The van der Waals surface area contributed by atoms with Crippen molar-refractivity contribution in [3.05, 3.63) is 17.1 Å². The van der Waals surface area contributed by atoms with Crippen LogP contribution in [0.1, 0.15) is 62.0 Å². The molecule has 2 aliphatic rings. The van der Waals surface area contributed by atoms with Crippen molar-refractivity contribution in [1.29, 1.82) is 0 Å². The zero-order valence-electron chi connectivity index (χ0n) is 12.5. The molecule has 1 unspecified atom stereocenters. The molecule has 2 heterocycles. The Morgan fingerprint density at radius 2 is 2.10 bits per heavy atom. The van der Waals surface area contributed by atoms with Gasteiger partial charge in [0.05, 0.1) is 6.61 Å². The van der Waals surface area contributed by atoms with E-state index in [0.29, 0.717) is 5.92 Å². The van der Waals surface area contributed by atoms with Gasteiger partial charge >= 0.3 is 0 Å². The Morgan fingerprint density at radius 1 is 1.20 bits per heavy atom. The molecule has 1 aromatic rings. The molecule has 0 radical (unpaired) electrons. The molecule has 3 rings (SSSR count). The molecule has 1 atom stereocenters. The van der Waals surface area contributed by atoms with E-state index in [9.17, 15) is 0 Å². The van der Waals surface area contributed by atoms with Gasteiger partial charge < -0.3 is 10.1 Å². The summed E-state index contributed by atoms with van der Waals surface area (Å²) < 4.78 is 5.60. The number of anilines is 1. The highest BCUT2D eigenvalue weighted by Crippen LogP contribution is 2.29. The van der Waals surface area contributed by atoms with E-state index in [-0.39, 0.29) is 0 Å². The Balaban J connectivity index is 1.89. The average Bonchev–Trinajstić information content (AvgIpc) is 2.53. The van der Waals surface area contributed by atoms with Gasteiger partial charge in [-0.3, -0.25) is 0 Å². The van der Waals surface area contributed by atoms with Crippen LogP contribution in [-0.2, 0) is 17.6 Å². The fraction of sp³-hybridized carbons (Fsp3) is 0.750. The standard InChI is InChI=1S/C16H25N3O/c1-2-9-17-16-13-7-3-4-8-14(13)18-15(19-16)12-6-5-10-20-11-12/h12H,2-11H2,1H3,(H,17,18,19). The van der Waals surface area contributed by atoms with Crippen LogP contribution in [0.5, 0.6) is 0 Å². The van der Waals surface area contributed by atoms with Crippen molar-refractivity contribution in [2.75, 3.05) is 25.1 Å². The molecule has 0 bridgehead atoms. The second kappa shape index (κ2) is 6.53. The molecule has 1 aliphatic heterocycles. The van der Waals surface area contributed by atoms with Gasteiger partial charge in [-0.15, -0.1) is 0 Å². The molecular weight excluding hydrogens is 250 g/mol. The molecule has 4 heteroatoms. The molecule has 0 aromatic carbocycles. The maximum Gasteiger partial charge on any atom is 0.136 e. The topological polar surface area (TPSA) is 47.0 Å². The summed E-state index contributed by atoms with van der Waals surface area (Å²) in [5, 5.41) is 3.51. The Kier molecular flexibility index (Phi) is 4.51. The number of rotatable bonds is 4. The van der Waals surface area contributed by atoms with Crippen LogP contribution in [0.2, 0.25) is 0 Å². The highest BCUT2D eigenvalue weighted by molar-refractivity contribution is 5.48. The van der Waals surface area contributed by atoms with Gasteiger partial charge in [-0.2, -0.15) is 0 Å². The highest BCUT2D eigenvalue weighted by Gasteiger charge is 2.23. The first-order valence-corrected chi connectivity index (χ1v) is 8.09. The first kappa shape index (κ1) is 13.8. The van der Waals surface area contributed by atoms with Crippen LogP contribution in [0.4, 0.5) is 5.82 Å². The average molecular weight is 275 g/mol. The van der Waals surface area contributed by atoms with E-state index in [1.807, 2.05) is 0 Å². The van der Waals surface area contributed by atoms with E-state index in [1.165, 1.54) is 24.1 Å². The molecule has 1 aromatic heterocycles. The lowest BCUT2D eigenvalue weighted by Crippen LogP contribution is -2.21. The molecule has 1 fully saturated rings. The van der Waals surface area contributed by atoms with Crippen LogP contribution >= 0.6 is 0 Å². The second-order valence-corrected chi connectivity index (χ2v) is 5.90. The van der Waals surface area contributed by atoms with Gasteiger partial charge in [-0.1, -0.05) is 6.92 Å². The first-order chi connectivity index (χ1) is 9.88. The Labute approximate surface area is 121 Å². The highest BCUT2D eigenvalue weighted by atomic mass is 16.5. The van der Waals surface area contributed by atoms with Gasteiger partial charge in [0.2, 0.25) is 0 Å². The van der Waals surface area contributed by atoms with Crippen molar-refractivity contribution in [3.63, 3.8) is 0 Å². The predicted molar refractivity (Wildman–Crippen MR) is 80.2 cm³/mol. The van der Waals surface area contributed by atoms with Gasteiger partial charge in [0, 0.05) is 30.3 Å². The van der Waals surface area contributed by atoms with Crippen molar-refractivity contribution < 1.29 is 4.74 Å². The number of hydrogen-bond acceptors (Lipinski definition) is 4. The second-order valence-electron chi connectivity index (χ2n) is 5.90. The monoisotopic (exact) mass is 275 g/mol. The minimum absolute atomic E-state index is 0.387. The molecular formula is C16H25N3O. The number of aromatic nitrogens is 2. The summed E-state index contributed by atoms with van der Waals surface area (Å²) in [5.41, 5.74) is 2.65. The zero-order valence-corrected chi connectivity index (χ0v) is 12.5. The van der Waals surface area contributed by atoms with Crippen molar-refractivity contribution in [3.8, 4) is 0 Å².